The Labute approximate surface area is 168 Å². The highest BCUT2D eigenvalue weighted by molar-refractivity contribution is 5.94. The number of aromatic nitrogens is 2. The van der Waals surface area contributed by atoms with E-state index >= 15 is 0 Å². The van der Waals surface area contributed by atoms with Gasteiger partial charge in [0.15, 0.2) is 0 Å². The number of benzene rings is 1. The SMILES string of the molecule is O=C(N[C@@H]1CCCN(CC2CCCCC2)C1)c1cccc(Cn2cccn2)c1. The summed E-state index contributed by atoms with van der Waals surface area (Å²) in [7, 11) is 0. The summed E-state index contributed by atoms with van der Waals surface area (Å²) < 4.78 is 1.88. The summed E-state index contributed by atoms with van der Waals surface area (Å²) in [6, 6.07) is 10.1. The highest BCUT2D eigenvalue weighted by atomic mass is 16.1. The fourth-order valence-corrected chi connectivity index (χ4v) is 4.73. The van der Waals surface area contributed by atoms with E-state index in [0.29, 0.717) is 6.54 Å². The second-order valence-corrected chi connectivity index (χ2v) is 8.48. The molecule has 2 fully saturated rings. The van der Waals surface area contributed by atoms with E-state index in [1.807, 2.05) is 41.2 Å². The van der Waals surface area contributed by atoms with Gasteiger partial charge in [-0.1, -0.05) is 31.4 Å². The van der Waals surface area contributed by atoms with E-state index in [2.05, 4.69) is 15.3 Å². The average Bonchev–Trinajstić information content (AvgIpc) is 3.22. The zero-order valence-electron chi connectivity index (χ0n) is 16.7. The number of carbonyl (C=O) groups is 1. The summed E-state index contributed by atoms with van der Waals surface area (Å²) in [6.45, 7) is 4.08. The van der Waals surface area contributed by atoms with Crippen LogP contribution in [0.3, 0.4) is 0 Å². The molecule has 1 atom stereocenters. The normalized spacial score (nSPS) is 21.5. The highest BCUT2D eigenvalue weighted by Crippen LogP contribution is 2.25. The van der Waals surface area contributed by atoms with Gasteiger partial charge in [0.25, 0.3) is 5.91 Å². The van der Waals surface area contributed by atoms with Gasteiger partial charge in [-0.2, -0.15) is 5.10 Å². The van der Waals surface area contributed by atoms with Crippen LogP contribution in [0.1, 0.15) is 60.9 Å². The third-order valence-electron chi connectivity index (χ3n) is 6.17. The van der Waals surface area contributed by atoms with Crippen LogP contribution in [0.2, 0.25) is 0 Å². The number of rotatable bonds is 6. The Hall–Kier alpha value is -2.14. The molecule has 1 saturated carbocycles. The van der Waals surface area contributed by atoms with Gasteiger partial charge in [0.05, 0.1) is 6.54 Å². The lowest BCUT2D eigenvalue weighted by atomic mass is 9.88. The Morgan fingerprint density at radius 1 is 1.11 bits per heavy atom. The molecule has 4 rings (SSSR count). The molecule has 2 heterocycles. The number of hydrogen-bond donors (Lipinski definition) is 1. The molecule has 0 radical (unpaired) electrons. The lowest BCUT2D eigenvalue weighted by Gasteiger charge is -2.36. The van der Waals surface area contributed by atoms with Crippen molar-refractivity contribution in [2.75, 3.05) is 19.6 Å². The third kappa shape index (κ3) is 5.22. The van der Waals surface area contributed by atoms with Crippen molar-refractivity contribution in [1.82, 2.24) is 20.0 Å². The molecule has 1 aliphatic heterocycles. The van der Waals surface area contributed by atoms with E-state index in [0.717, 1.165) is 30.0 Å². The van der Waals surface area contributed by atoms with Crippen LogP contribution in [-0.2, 0) is 6.54 Å². The van der Waals surface area contributed by atoms with Crippen LogP contribution in [0.5, 0.6) is 0 Å². The van der Waals surface area contributed by atoms with Gasteiger partial charge in [0, 0.05) is 37.1 Å². The van der Waals surface area contributed by atoms with Gasteiger partial charge in [-0.25, -0.2) is 0 Å². The van der Waals surface area contributed by atoms with E-state index in [-0.39, 0.29) is 11.9 Å². The van der Waals surface area contributed by atoms with Crippen LogP contribution in [0, 0.1) is 5.92 Å². The van der Waals surface area contributed by atoms with Crippen LogP contribution in [0.15, 0.2) is 42.7 Å². The van der Waals surface area contributed by atoms with Crippen molar-refractivity contribution in [1.29, 1.82) is 0 Å². The van der Waals surface area contributed by atoms with Gasteiger partial charge in [0.1, 0.15) is 0 Å². The minimum Gasteiger partial charge on any atom is -0.348 e. The lowest BCUT2D eigenvalue weighted by Crippen LogP contribution is -2.48. The molecule has 0 bridgehead atoms. The summed E-state index contributed by atoms with van der Waals surface area (Å²) in [5.41, 5.74) is 1.84. The van der Waals surface area contributed by atoms with E-state index in [4.69, 9.17) is 0 Å². The quantitative estimate of drug-likeness (QED) is 0.831. The van der Waals surface area contributed by atoms with Crippen LogP contribution in [0.25, 0.3) is 0 Å². The molecule has 2 aromatic rings. The first-order valence-electron chi connectivity index (χ1n) is 10.9. The number of likely N-dealkylation sites (tertiary alicyclic amines) is 1. The molecule has 2 aliphatic rings. The van der Waals surface area contributed by atoms with E-state index < -0.39 is 0 Å². The van der Waals surface area contributed by atoms with Crippen molar-refractivity contribution in [2.24, 2.45) is 5.92 Å². The first kappa shape index (κ1) is 19.2. The minimum atomic E-state index is 0.0480. The summed E-state index contributed by atoms with van der Waals surface area (Å²) in [5, 5.41) is 7.53. The molecule has 1 aromatic heterocycles. The number of piperidine rings is 1. The minimum absolute atomic E-state index is 0.0480. The summed E-state index contributed by atoms with van der Waals surface area (Å²) >= 11 is 0. The van der Waals surface area contributed by atoms with Crippen LogP contribution in [0.4, 0.5) is 0 Å². The molecular formula is C23H32N4O. The second kappa shape index (κ2) is 9.37. The summed E-state index contributed by atoms with van der Waals surface area (Å²) in [4.78, 5) is 15.4. The monoisotopic (exact) mass is 380 g/mol. The first-order valence-corrected chi connectivity index (χ1v) is 10.9. The summed E-state index contributed by atoms with van der Waals surface area (Å²) in [6.07, 6.45) is 13.0. The van der Waals surface area contributed by atoms with Crippen LogP contribution >= 0.6 is 0 Å². The zero-order chi connectivity index (χ0) is 19.2. The number of nitrogens with one attached hydrogen (secondary N) is 1. The molecule has 1 amide bonds. The molecule has 150 valence electrons. The van der Waals surface area contributed by atoms with E-state index in [1.165, 1.54) is 51.6 Å². The Morgan fingerprint density at radius 3 is 2.82 bits per heavy atom. The molecule has 1 aliphatic carbocycles. The van der Waals surface area contributed by atoms with Crippen LogP contribution < -0.4 is 5.32 Å². The van der Waals surface area contributed by atoms with Crippen molar-refractivity contribution >= 4 is 5.91 Å². The molecule has 1 N–H and O–H groups in total. The van der Waals surface area contributed by atoms with Gasteiger partial charge < -0.3 is 10.2 Å². The Bertz CT molecular complexity index is 752. The van der Waals surface area contributed by atoms with Crippen molar-refractivity contribution in [3.05, 3.63) is 53.9 Å². The van der Waals surface area contributed by atoms with Crippen molar-refractivity contribution in [2.45, 2.75) is 57.5 Å². The molecule has 1 saturated heterocycles. The maximum Gasteiger partial charge on any atom is 0.251 e. The molecule has 1 aromatic carbocycles. The molecular weight excluding hydrogens is 348 g/mol. The zero-order valence-corrected chi connectivity index (χ0v) is 16.7. The van der Waals surface area contributed by atoms with Gasteiger partial charge in [-0.15, -0.1) is 0 Å². The lowest BCUT2D eigenvalue weighted by molar-refractivity contribution is 0.0890. The Morgan fingerprint density at radius 2 is 2.00 bits per heavy atom. The molecule has 5 nitrogen and oxygen atoms in total. The fourth-order valence-electron chi connectivity index (χ4n) is 4.73. The maximum atomic E-state index is 12.8. The topological polar surface area (TPSA) is 50.2 Å². The standard InChI is InChI=1S/C23H32N4O/c28-23(21-10-4-9-20(15-21)17-27-14-6-12-24-27)25-22-11-5-13-26(18-22)16-19-7-2-1-3-8-19/h4,6,9-10,12,14-15,19,22H,1-3,5,7-8,11,13,16-18H2,(H,25,28)/t22-/m1/s1. The van der Waals surface area contributed by atoms with Gasteiger partial charge in [-0.05, 0) is 61.9 Å². The molecule has 28 heavy (non-hydrogen) atoms. The van der Waals surface area contributed by atoms with Crippen molar-refractivity contribution in [3.63, 3.8) is 0 Å². The maximum absolute atomic E-state index is 12.8. The van der Waals surface area contributed by atoms with Crippen molar-refractivity contribution in [3.8, 4) is 0 Å². The fraction of sp³-hybridized carbons (Fsp3) is 0.565. The largest absolute Gasteiger partial charge is 0.348 e. The molecule has 0 unspecified atom stereocenters. The average molecular weight is 381 g/mol. The van der Waals surface area contributed by atoms with Gasteiger partial charge >= 0.3 is 0 Å². The predicted octanol–water partition coefficient (Wildman–Crippen LogP) is 3.71. The van der Waals surface area contributed by atoms with Crippen LogP contribution in [-0.4, -0.2) is 46.3 Å². The number of carbonyl (C=O) groups excluding carboxylic acids is 1. The Kier molecular flexibility index (Phi) is 6.42. The second-order valence-electron chi connectivity index (χ2n) is 8.48. The number of hydrogen-bond acceptors (Lipinski definition) is 3. The van der Waals surface area contributed by atoms with E-state index in [9.17, 15) is 4.79 Å². The van der Waals surface area contributed by atoms with Gasteiger partial charge in [-0.3, -0.25) is 9.48 Å². The van der Waals surface area contributed by atoms with E-state index in [1.54, 1.807) is 6.20 Å². The number of nitrogens with zero attached hydrogens (tertiary/aromatic N) is 3. The Balaban J connectivity index is 1.31. The smallest absolute Gasteiger partial charge is 0.251 e. The molecule has 0 spiro atoms. The van der Waals surface area contributed by atoms with Gasteiger partial charge in [0.2, 0.25) is 0 Å². The predicted molar refractivity (Wildman–Crippen MR) is 111 cm³/mol. The highest BCUT2D eigenvalue weighted by Gasteiger charge is 2.24. The molecule has 5 heteroatoms. The first-order chi connectivity index (χ1) is 13.8. The summed E-state index contributed by atoms with van der Waals surface area (Å²) in [5.74, 6) is 0.911. The number of amides is 1. The third-order valence-corrected chi connectivity index (χ3v) is 6.17. The van der Waals surface area contributed by atoms with Crippen molar-refractivity contribution < 1.29 is 4.79 Å².